The minimum Gasteiger partial charge on any atom is -0.480 e. The van der Waals surface area contributed by atoms with Gasteiger partial charge in [0.1, 0.15) is 5.75 Å². The summed E-state index contributed by atoms with van der Waals surface area (Å²) in [6.07, 6.45) is 2.40. The molecule has 0 N–H and O–H groups in total. The number of piperidine rings is 1. The maximum Gasteiger partial charge on any atom is 0.263 e. The monoisotopic (exact) mass is 364 g/mol. The van der Waals surface area contributed by atoms with Crippen molar-refractivity contribution in [1.82, 2.24) is 9.80 Å². The van der Waals surface area contributed by atoms with E-state index in [9.17, 15) is 4.79 Å². The number of rotatable bonds is 3. The molecule has 6 heteroatoms. The lowest BCUT2D eigenvalue weighted by molar-refractivity contribution is -0.139. The number of halogens is 1. The number of fused-ring (bicyclic) bond motifs is 1. The van der Waals surface area contributed by atoms with Crippen LogP contribution in [0.5, 0.6) is 5.75 Å². The van der Waals surface area contributed by atoms with E-state index < -0.39 is 0 Å². The molecule has 3 aliphatic heterocycles. The molecule has 2 saturated heterocycles. The number of nitrogens with zero attached hydrogens (tertiary/aromatic N) is 2. The molecule has 1 atom stereocenters. The molecule has 3 heterocycles. The molecule has 5 nitrogen and oxygen atoms in total. The zero-order valence-corrected chi connectivity index (χ0v) is 15.2. The number of morpholine rings is 1. The van der Waals surface area contributed by atoms with Crippen LogP contribution in [0.15, 0.2) is 18.2 Å². The molecule has 3 aliphatic rings. The van der Waals surface area contributed by atoms with E-state index >= 15 is 0 Å². The minimum atomic E-state index is -0.385. The van der Waals surface area contributed by atoms with Crippen LogP contribution in [-0.4, -0.2) is 67.7 Å². The molecule has 0 saturated carbocycles. The number of carbonyl (C=O) groups excluding carboxylic acids is 1. The van der Waals surface area contributed by atoms with Gasteiger partial charge in [0.25, 0.3) is 5.91 Å². The number of hydrogen-bond donors (Lipinski definition) is 0. The smallest absolute Gasteiger partial charge is 0.263 e. The van der Waals surface area contributed by atoms with Gasteiger partial charge in [-0.1, -0.05) is 11.6 Å². The first-order valence-electron chi connectivity index (χ1n) is 9.23. The van der Waals surface area contributed by atoms with Gasteiger partial charge >= 0.3 is 0 Å². The summed E-state index contributed by atoms with van der Waals surface area (Å²) in [4.78, 5) is 17.3. The van der Waals surface area contributed by atoms with Gasteiger partial charge in [0.2, 0.25) is 0 Å². The van der Waals surface area contributed by atoms with Crippen molar-refractivity contribution < 1.29 is 14.3 Å². The highest BCUT2D eigenvalue weighted by atomic mass is 35.5. The summed E-state index contributed by atoms with van der Waals surface area (Å²) >= 11 is 6.03. The van der Waals surface area contributed by atoms with Crippen LogP contribution in [0.1, 0.15) is 18.4 Å². The standard InChI is InChI=1S/C19H25ClN2O3/c20-16-1-2-17-15(11-16)12-18(25-17)19(23)22-5-3-14(4-6-22)13-21-7-9-24-10-8-21/h1-2,11,14,18H,3-10,12-13H2/t18-/m1/s1. The minimum absolute atomic E-state index is 0.122. The molecule has 0 aromatic heterocycles. The molecular formula is C19H25ClN2O3. The highest BCUT2D eigenvalue weighted by Gasteiger charge is 2.34. The number of hydrogen-bond acceptors (Lipinski definition) is 4. The van der Waals surface area contributed by atoms with Crippen LogP contribution in [0.4, 0.5) is 0 Å². The van der Waals surface area contributed by atoms with E-state index in [2.05, 4.69) is 4.90 Å². The van der Waals surface area contributed by atoms with Crippen LogP contribution >= 0.6 is 11.6 Å². The summed E-state index contributed by atoms with van der Waals surface area (Å²) in [6, 6.07) is 5.57. The third kappa shape index (κ3) is 3.94. The van der Waals surface area contributed by atoms with E-state index in [4.69, 9.17) is 21.1 Å². The van der Waals surface area contributed by atoms with E-state index in [1.165, 1.54) is 0 Å². The van der Waals surface area contributed by atoms with Crippen molar-refractivity contribution in [1.29, 1.82) is 0 Å². The third-order valence-corrected chi connectivity index (χ3v) is 5.75. The maximum absolute atomic E-state index is 12.8. The first-order chi connectivity index (χ1) is 12.2. The van der Waals surface area contributed by atoms with Crippen molar-refractivity contribution in [2.45, 2.75) is 25.4 Å². The molecule has 136 valence electrons. The van der Waals surface area contributed by atoms with Crippen molar-refractivity contribution in [2.75, 3.05) is 45.9 Å². The third-order valence-electron chi connectivity index (χ3n) is 5.52. The fourth-order valence-corrected chi connectivity index (χ4v) is 4.24. The van der Waals surface area contributed by atoms with Crippen molar-refractivity contribution in [3.8, 4) is 5.75 Å². The summed E-state index contributed by atoms with van der Waals surface area (Å²) in [6.45, 7) is 6.58. The summed E-state index contributed by atoms with van der Waals surface area (Å²) in [5, 5.41) is 0.694. The Bertz CT molecular complexity index is 625. The van der Waals surface area contributed by atoms with Crippen LogP contribution < -0.4 is 4.74 Å². The summed E-state index contributed by atoms with van der Waals surface area (Å²) in [5.74, 6) is 1.60. The predicted molar refractivity (Wildman–Crippen MR) is 96.1 cm³/mol. The molecule has 0 radical (unpaired) electrons. The molecule has 2 fully saturated rings. The second-order valence-corrected chi connectivity index (χ2v) is 7.68. The first-order valence-corrected chi connectivity index (χ1v) is 9.61. The maximum atomic E-state index is 12.8. The fraction of sp³-hybridized carbons (Fsp3) is 0.632. The highest BCUT2D eigenvalue weighted by Crippen LogP contribution is 2.32. The van der Waals surface area contributed by atoms with Crippen LogP contribution in [0.25, 0.3) is 0 Å². The van der Waals surface area contributed by atoms with Gasteiger partial charge in [-0.2, -0.15) is 0 Å². The van der Waals surface area contributed by atoms with E-state index in [1.807, 2.05) is 23.1 Å². The normalized spacial score (nSPS) is 24.8. The Balaban J connectivity index is 1.27. The van der Waals surface area contributed by atoms with Crippen LogP contribution in [-0.2, 0) is 16.0 Å². The number of likely N-dealkylation sites (tertiary alicyclic amines) is 1. The fourth-order valence-electron chi connectivity index (χ4n) is 4.04. The van der Waals surface area contributed by atoms with Crippen LogP contribution in [0, 0.1) is 5.92 Å². The molecule has 25 heavy (non-hydrogen) atoms. The Labute approximate surface area is 153 Å². The van der Waals surface area contributed by atoms with Gasteiger partial charge in [-0.15, -0.1) is 0 Å². The molecule has 1 aromatic carbocycles. The molecule has 0 unspecified atom stereocenters. The van der Waals surface area contributed by atoms with Gasteiger partial charge in [0, 0.05) is 44.2 Å². The molecule has 4 rings (SSSR count). The SMILES string of the molecule is O=C([C@H]1Cc2cc(Cl)ccc2O1)N1CCC(CN2CCOCC2)CC1. The van der Waals surface area contributed by atoms with Crippen LogP contribution in [0.2, 0.25) is 5.02 Å². The zero-order valence-electron chi connectivity index (χ0n) is 14.5. The number of carbonyl (C=O) groups is 1. The number of ether oxygens (including phenoxy) is 2. The van der Waals surface area contributed by atoms with E-state index in [0.29, 0.717) is 17.4 Å². The van der Waals surface area contributed by atoms with Gasteiger partial charge in [-0.05, 0) is 42.5 Å². The summed E-state index contributed by atoms with van der Waals surface area (Å²) in [7, 11) is 0. The lowest BCUT2D eigenvalue weighted by atomic mass is 9.95. The van der Waals surface area contributed by atoms with Gasteiger partial charge in [0.05, 0.1) is 13.2 Å². The van der Waals surface area contributed by atoms with Crippen molar-refractivity contribution in [3.05, 3.63) is 28.8 Å². The lowest BCUT2D eigenvalue weighted by Gasteiger charge is -2.36. The highest BCUT2D eigenvalue weighted by molar-refractivity contribution is 6.30. The number of benzene rings is 1. The van der Waals surface area contributed by atoms with E-state index in [-0.39, 0.29) is 12.0 Å². The Morgan fingerprint density at radius 2 is 1.92 bits per heavy atom. The van der Waals surface area contributed by atoms with E-state index in [0.717, 1.165) is 70.1 Å². The molecule has 0 spiro atoms. The number of amides is 1. The summed E-state index contributed by atoms with van der Waals surface area (Å²) in [5.41, 5.74) is 1.04. The predicted octanol–water partition coefficient (Wildman–Crippen LogP) is 2.21. The van der Waals surface area contributed by atoms with Gasteiger partial charge in [-0.25, -0.2) is 0 Å². The Kier molecular flexibility index (Phi) is 5.15. The van der Waals surface area contributed by atoms with Crippen molar-refractivity contribution in [3.63, 3.8) is 0 Å². The second-order valence-electron chi connectivity index (χ2n) is 7.24. The molecular weight excluding hydrogens is 340 g/mol. The van der Waals surface area contributed by atoms with Gasteiger partial charge in [0.15, 0.2) is 6.10 Å². The topological polar surface area (TPSA) is 42.0 Å². The second kappa shape index (κ2) is 7.52. The van der Waals surface area contributed by atoms with Gasteiger partial charge in [-0.3, -0.25) is 9.69 Å². The van der Waals surface area contributed by atoms with Crippen LogP contribution in [0.3, 0.4) is 0 Å². The van der Waals surface area contributed by atoms with Gasteiger partial charge < -0.3 is 14.4 Å². The Morgan fingerprint density at radius 3 is 2.68 bits per heavy atom. The Morgan fingerprint density at radius 1 is 1.16 bits per heavy atom. The molecule has 0 bridgehead atoms. The first kappa shape index (κ1) is 17.1. The average molecular weight is 365 g/mol. The summed E-state index contributed by atoms with van der Waals surface area (Å²) < 4.78 is 11.3. The van der Waals surface area contributed by atoms with Crippen molar-refractivity contribution in [2.24, 2.45) is 5.92 Å². The zero-order chi connectivity index (χ0) is 17.2. The molecule has 1 amide bonds. The Hall–Kier alpha value is -1.30. The molecule has 1 aromatic rings. The molecule has 0 aliphatic carbocycles. The van der Waals surface area contributed by atoms with E-state index in [1.54, 1.807) is 0 Å². The quantitative estimate of drug-likeness (QED) is 0.824. The average Bonchev–Trinajstić information content (AvgIpc) is 3.06. The largest absolute Gasteiger partial charge is 0.480 e. The lowest BCUT2D eigenvalue weighted by Crippen LogP contribution is -2.47. The van der Waals surface area contributed by atoms with Crippen molar-refractivity contribution >= 4 is 17.5 Å².